The number of hydrogen-bond acceptors (Lipinski definition) is 3. The number of halogens is 4. The Kier molecular flexibility index (Phi) is 5.08. The van der Waals surface area contributed by atoms with E-state index in [1.165, 1.54) is 6.07 Å². The van der Waals surface area contributed by atoms with Gasteiger partial charge in [0.15, 0.2) is 0 Å². The molecule has 1 aliphatic rings. The second-order valence-corrected chi connectivity index (χ2v) is 5.14. The van der Waals surface area contributed by atoms with Crippen LogP contribution in [0.4, 0.5) is 18.9 Å². The van der Waals surface area contributed by atoms with Crippen molar-refractivity contribution in [3.63, 3.8) is 0 Å². The minimum atomic E-state index is -4.51. The summed E-state index contributed by atoms with van der Waals surface area (Å²) in [5, 5.41) is 5.43. The van der Waals surface area contributed by atoms with Crippen LogP contribution in [0.1, 0.15) is 12.0 Å². The molecule has 1 aromatic carbocycles. The van der Waals surface area contributed by atoms with E-state index >= 15 is 0 Å². The van der Waals surface area contributed by atoms with Crippen LogP contribution in [0, 0.1) is 0 Å². The van der Waals surface area contributed by atoms with E-state index in [4.69, 9.17) is 16.3 Å². The number of rotatable bonds is 3. The lowest BCUT2D eigenvalue weighted by molar-refractivity contribution is -0.137. The smallest absolute Gasteiger partial charge is 0.378 e. The summed E-state index contributed by atoms with van der Waals surface area (Å²) in [6.07, 6.45) is -4.39. The highest BCUT2D eigenvalue weighted by molar-refractivity contribution is 6.31. The summed E-state index contributed by atoms with van der Waals surface area (Å²) in [6, 6.07) is 2.81. The number of amides is 1. The monoisotopic (exact) mass is 322 g/mol. The Bertz CT molecular complexity index is 517. The van der Waals surface area contributed by atoms with Crippen molar-refractivity contribution in [3.05, 3.63) is 28.8 Å². The molecule has 1 saturated heterocycles. The van der Waals surface area contributed by atoms with Gasteiger partial charge < -0.3 is 15.4 Å². The molecule has 1 fully saturated rings. The van der Waals surface area contributed by atoms with Gasteiger partial charge in [0, 0.05) is 29.7 Å². The van der Waals surface area contributed by atoms with Crippen LogP contribution < -0.4 is 10.6 Å². The first-order chi connectivity index (χ1) is 9.84. The second kappa shape index (κ2) is 6.64. The fourth-order valence-corrected chi connectivity index (χ4v) is 2.25. The lowest BCUT2D eigenvalue weighted by atomic mass is 10.1. The van der Waals surface area contributed by atoms with Gasteiger partial charge in [-0.1, -0.05) is 11.6 Å². The third kappa shape index (κ3) is 4.87. The lowest BCUT2D eigenvalue weighted by Gasteiger charge is -2.23. The van der Waals surface area contributed by atoms with E-state index in [1.54, 1.807) is 0 Å². The van der Waals surface area contributed by atoms with Crippen molar-refractivity contribution < 1.29 is 22.7 Å². The molecule has 2 rings (SSSR count). The predicted octanol–water partition coefficient (Wildman–Crippen LogP) is 2.68. The average Bonchev–Trinajstić information content (AvgIpc) is 2.37. The fraction of sp³-hybridized carbons (Fsp3) is 0.462. The summed E-state index contributed by atoms with van der Waals surface area (Å²) in [5.74, 6) is -0.395. The number of ether oxygens (including phenoxy) is 1. The second-order valence-electron chi connectivity index (χ2n) is 4.70. The van der Waals surface area contributed by atoms with Crippen LogP contribution in [-0.4, -0.2) is 31.7 Å². The molecule has 0 saturated carbocycles. The van der Waals surface area contributed by atoms with E-state index in [1.807, 2.05) is 0 Å². The number of morpholine rings is 1. The Morgan fingerprint density at radius 2 is 2.19 bits per heavy atom. The SMILES string of the molecule is O=C(CC1COCCN1)Nc1cc(Cl)cc(C(F)(F)F)c1. The lowest BCUT2D eigenvalue weighted by Crippen LogP contribution is -2.43. The molecule has 1 aliphatic heterocycles. The van der Waals surface area contributed by atoms with Crippen LogP contribution in [-0.2, 0) is 15.7 Å². The van der Waals surface area contributed by atoms with E-state index in [0.29, 0.717) is 19.8 Å². The first kappa shape index (κ1) is 16.1. The molecule has 2 N–H and O–H groups in total. The van der Waals surface area contributed by atoms with Crippen LogP contribution in [0.2, 0.25) is 5.02 Å². The first-order valence-corrected chi connectivity index (χ1v) is 6.71. The van der Waals surface area contributed by atoms with Gasteiger partial charge in [0.05, 0.1) is 18.8 Å². The van der Waals surface area contributed by atoms with E-state index in [-0.39, 0.29) is 23.2 Å². The molecule has 21 heavy (non-hydrogen) atoms. The van der Waals surface area contributed by atoms with Gasteiger partial charge in [-0.3, -0.25) is 4.79 Å². The molecule has 4 nitrogen and oxygen atoms in total. The van der Waals surface area contributed by atoms with E-state index < -0.39 is 17.6 Å². The number of carbonyl (C=O) groups is 1. The van der Waals surface area contributed by atoms with Crippen LogP contribution in [0.3, 0.4) is 0 Å². The third-order valence-electron chi connectivity index (χ3n) is 2.94. The van der Waals surface area contributed by atoms with Crippen LogP contribution in [0.5, 0.6) is 0 Å². The van der Waals surface area contributed by atoms with E-state index in [9.17, 15) is 18.0 Å². The normalized spacial score (nSPS) is 19.3. The zero-order valence-electron chi connectivity index (χ0n) is 11.0. The molecular formula is C13H14ClF3N2O2. The van der Waals surface area contributed by atoms with Crippen LogP contribution in [0.15, 0.2) is 18.2 Å². The molecule has 8 heteroatoms. The topological polar surface area (TPSA) is 50.4 Å². The molecular weight excluding hydrogens is 309 g/mol. The molecule has 0 bridgehead atoms. The largest absolute Gasteiger partial charge is 0.416 e. The van der Waals surface area contributed by atoms with Crippen LogP contribution >= 0.6 is 11.6 Å². The van der Waals surface area contributed by atoms with Gasteiger partial charge in [0.25, 0.3) is 0 Å². The van der Waals surface area contributed by atoms with Crippen molar-refractivity contribution in [1.29, 1.82) is 0 Å². The quantitative estimate of drug-likeness (QED) is 0.899. The summed E-state index contributed by atoms with van der Waals surface area (Å²) in [7, 11) is 0. The maximum absolute atomic E-state index is 12.7. The zero-order valence-corrected chi connectivity index (χ0v) is 11.7. The molecule has 1 unspecified atom stereocenters. The number of hydrogen-bond donors (Lipinski definition) is 2. The molecule has 116 valence electrons. The van der Waals surface area contributed by atoms with E-state index in [2.05, 4.69) is 10.6 Å². The van der Waals surface area contributed by atoms with Crippen LogP contribution in [0.25, 0.3) is 0 Å². The van der Waals surface area contributed by atoms with Gasteiger partial charge in [-0.25, -0.2) is 0 Å². The summed E-state index contributed by atoms with van der Waals surface area (Å²) >= 11 is 5.65. The van der Waals surface area contributed by atoms with Gasteiger partial charge in [0.1, 0.15) is 0 Å². The Labute approximate surface area is 124 Å². The zero-order chi connectivity index (χ0) is 15.5. The molecule has 0 aliphatic carbocycles. The summed E-state index contributed by atoms with van der Waals surface area (Å²) in [4.78, 5) is 11.8. The third-order valence-corrected chi connectivity index (χ3v) is 3.16. The summed E-state index contributed by atoms with van der Waals surface area (Å²) in [6.45, 7) is 1.63. The number of benzene rings is 1. The highest BCUT2D eigenvalue weighted by atomic mass is 35.5. The molecule has 0 radical (unpaired) electrons. The fourth-order valence-electron chi connectivity index (χ4n) is 2.01. The Balaban J connectivity index is 2.01. The Morgan fingerprint density at radius 3 is 2.81 bits per heavy atom. The average molecular weight is 323 g/mol. The minimum Gasteiger partial charge on any atom is -0.378 e. The summed E-state index contributed by atoms with van der Waals surface area (Å²) in [5.41, 5.74) is -0.874. The first-order valence-electron chi connectivity index (χ1n) is 6.33. The number of nitrogens with one attached hydrogen (secondary N) is 2. The maximum atomic E-state index is 12.7. The van der Waals surface area contributed by atoms with Crippen molar-refractivity contribution in [2.75, 3.05) is 25.1 Å². The minimum absolute atomic E-state index is 0.0246. The number of carbonyl (C=O) groups excluding carboxylic acids is 1. The van der Waals surface area contributed by atoms with Gasteiger partial charge in [0.2, 0.25) is 5.91 Å². The van der Waals surface area contributed by atoms with Crippen molar-refractivity contribution in [2.45, 2.75) is 18.6 Å². The molecule has 1 heterocycles. The van der Waals surface area contributed by atoms with Crippen molar-refractivity contribution in [1.82, 2.24) is 5.32 Å². The molecule has 1 atom stereocenters. The molecule has 1 amide bonds. The maximum Gasteiger partial charge on any atom is 0.416 e. The molecule has 1 aromatic rings. The Hall–Kier alpha value is -1.31. The van der Waals surface area contributed by atoms with Gasteiger partial charge >= 0.3 is 6.18 Å². The highest BCUT2D eigenvalue weighted by Crippen LogP contribution is 2.33. The van der Waals surface area contributed by atoms with Gasteiger partial charge in [-0.15, -0.1) is 0 Å². The highest BCUT2D eigenvalue weighted by Gasteiger charge is 2.31. The van der Waals surface area contributed by atoms with Gasteiger partial charge in [-0.2, -0.15) is 13.2 Å². The van der Waals surface area contributed by atoms with Crippen molar-refractivity contribution in [3.8, 4) is 0 Å². The summed E-state index contributed by atoms with van der Waals surface area (Å²) < 4.78 is 43.2. The van der Waals surface area contributed by atoms with Crippen molar-refractivity contribution in [2.24, 2.45) is 0 Å². The number of alkyl halides is 3. The molecule has 0 aromatic heterocycles. The molecule has 0 spiro atoms. The van der Waals surface area contributed by atoms with E-state index in [0.717, 1.165) is 12.1 Å². The standard InChI is InChI=1S/C13H14ClF3N2O2/c14-9-3-8(13(15,16)17)4-10(5-9)19-12(20)6-11-7-21-2-1-18-11/h3-5,11,18H,1-2,6-7H2,(H,19,20). The number of anilines is 1. The predicted molar refractivity (Wildman–Crippen MR) is 72.3 cm³/mol. The van der Waals surface area contributed by atoms with Crippen molar-refractivity contribution >= 4 is 23.2 Å². The Morgan fingerprint density at radius 1 is 1.43 bits per heavy atom. The van der Waals surface area contributed by atoms with Gasteiger partial charge in [-0.05, 0) is 18.2 Å².